The summed E-state index contributed by atoms with van der Waals surface area (Å²) in [5, 5.41) is 9.12. The van der Waals surface area contributed by atoms with Gasteiger partial charge in [0.25, 0.3) is 0 Å². The fourth-order valence-corrected chi connectivity index (χ4v) is 2.39. The van der Waals surface area contributed by atoms with E-state index in [1.54, 1.807) is 6.07 Å². The minimum Gasteiger partial charge on any atom is -0.478 e. The summed E-state index contributed by atoms with van der Waals surface area (Å²) in [7, 11) is 2.09. The van der Waals surface area contributed by atoms with Crippen LogP contribution in [0.15, 0.2) is 18.2 Å². The number of carboxylic acids is 1. The Bertz CT molecular complexity index is 479. The van der Waals surface area contributed by atoms with Crippen LogP contribution < -0.4 is 0 Å². The molecular weight excluding hydrogens is 247 g/mol. The van der Waals surface area contributed by atoms with Gasteiger partial charge in [-0.1, -0.05) is 6.07 Å². The molecule has 5 heteroatoms. The summed E-state index contributed by atoms with van der Waals surface area (Å²) in [6.07, 6.45) is 0. The SMILES string of the molecule is CC1CN(Cc2ccc(F)cc2C(=O)O)CCN1C. The van der Waals surface area contributed by atoms with Crippen molar-refractivity contribution in [2.75, 3.05) is 26.7 Å². The van der Waals surface area contributed by atoms with Gasteiger partial charge in [0.15, 0.2) is 0 Å². The predicted octanol–water partition coefficient (Wildman–Crippen LogP) is 1.66. The number of halogens is 1. The molecule has 0 aromatic heterocycles. The average molecular weight is 266 g/mol. The van der Waals surface area contributed by atoms with E-state index in [1.165, 1.54) is 6.07 Å². The quantitative estimate of drug-likeness (QED) is 0.903. The number of hydrogen-bond donors (Lipinski definition) is 1. The maximum atomic E-state index is 13.1. The highest BCUT2D eigenvalue weighted by molar-refractivity contribution is 5.89. The van der Waals surface area contributed by atoms with Gasteiger partial charge < -0.3 is 10.0 Å². The molecule has 0 aliphatic carbocycles. The molecule has 1 N–H and O–H groups in total. The molecule has 1 aromatic rings. The van der Waals surface area contributed by atoms with Crippen LogP contribution in [0.25, 0.3) is 0 Å². The first-order valence-corrected chi connectivity index (χ1v) is 6.41. The first-order valence-electron chi connectivity index (χ1n) is 6.41. The largest absolute Gasteiger partial charge is 0.478 e. The number of carbonyl (C=O) groups is 1. The van der Waals surface area contributed by atoms with Crippen LogP contribution in [0.5, 0.6) is 0 Å². The zero-order valence-electron chi connectivity index (χ0n) is 11.3. The van der Waals surface area contributed by atoms with Crippen molar-refractivity contribution in [3.8, 4) is 0 Å². The summed E-state index contributed by atoms with van der Waals surface area (Å²) in [4.78, 5) is 15.6. The summed E-state index contributed by atoms with van der Waals surface area (Å²) < 4.78 is 13.1. The Hall–Kier alpha value is -1.46. The number of carboxylic acid groups (broad SMARTS) is 1. The number of benzene rings is 1. The van der Waals surface area contributed by atoms with Gasteiger partial charge in [-0.05, 0) is 31.7 Å². The molecule has 0 amide bonds. The smallest absolute Gasteiger partial charge is 0.336 e. The second kappa shape index (κ2) is 5.67. The molecule has 0 bridgehead atoms. The van der Waals surface area contributed by atoms with E-state index < -0.39 is 11.8 Å². The molecule has 1 aliphatic heterocycles. The van der Waals surface area contributed by atoms with Crippen LogP contribution in [0.1, 0.15) is 22.8 Å². The van der Waals surface area contributed by atoms with Gasteiger partial charge in [0.05, 0.1) is 5.56 Å². The van der Waals surface area contributed by atoms with Crippen molar-refractivity contribution in [1.29, 1.82) is 0 Å². The second-order valence-corrected chi connectivity index (χ2v) is 5.17. The minimum atomic E-state index is -1.07. The third-order valence-corrected chi connectivity index (χ3v) is 3.74. The van der Waals surface area contributed by atoms with Crippen molar-refractivity contribution in [1.82, 2.24) is 9.80 Å². The van der Waals surface area contributed by atoms with E-state index in [-0.39, 0.29) is 5.56 Å². The van der Waals surface area contributed by atoms with Crippen molar-refractivity contribution in [3.63, 3.8) is 0 Å². The van der Waals surface area contributed by atoms with Crippen molar-refractivity contribution in [2.24, 2.45) is 0 Å². The molecule has 0 radical (unpaired) electrons. The highest BCUT2D eigenvalue weighted by atomic mass is 19.1. The molecule has 1 unspecified atom stereocenters. The summed E-state index contributed by atoms with van der Waals surface area (Å²) in [6.45, 7) is 5.46. The van der Waals surface area contributed by atoms with E-state index in [0.717, 1.165) is 25.7 Å². The fraction of sp³-hybridized carbons (Fsp3) is 0.500. The zero-order chi connectivity index (χ0) is 14.0. The lowest BCUT2D eigenvalue weighted by atomic mass is 10.1. The Balaban J connectivity index is 2.13. The van der Waals surface area contributed by atoms with Gasteiger partial charge in [-0.25, -0.2) is 9.18 Å². The Morgan fingerprint density at radius 2 is 2.21 bits per heavy atom. The van der Waals surface area contributed by atoms with E-state index in [0.29, 0.717) is 18.2 Å². The molecule has 0 spiro atoms. The molecule has 19 heavy (non-hydrogen) atoms. The first kappa shape index (κ1) is 14.0. The van der Waals surface area contributed by atoms with Gasteiger partial charge in [0.1, 0.15) is 5.82 Å². The number of piperazine rings is 1. The van der Waals surface area contributed by atoms with Gasteiger partial charge in [0, 0.05) is 32.2 Å². The number of rotatable bonds is 3. The molecular formula is C14H19FN2O2. The maximum Gasteiger partial charge on any atom is 0.336 e. The highest BCUT2D eigenvalue weighted by Crippen LogP contribution is 2.16. The summed E-state index contributed by atoms with van der Waals surface area (Å²) in [6, 6.07) is 4.43. The molecule has 1 aliphatic rings. The second-order valence-electron chi connectivity index (χ2n) is 5.17. The molecule has 104 valence electrons. The van der Waals surface area contributed by atoms with Crippen LogP contribution >= 0.6 is 0 Å². The molecule has 4 nitrogen and oxygen atoms in total. The van der Waals surface area contributed by atoms with Gasteiger partial charge in [-0.2, -0.15) is 0 Å². The van der Waals surface area contributed by atoms with Crippen molar-refractivity contribution in [2.45, 2.75) is 19.5 Å². The third kappa shape index (κ3) is 3.30. The number of likely N-dealkylation sites (N-methyl/N-ethyl adjacent to an activating group) is 1. The Morgan fingerprint density at radius 1 is 1.47 bits per heavy atom. The van der Waals surface area contributed by atoms with Crippen molar-refractivity contribution < 1.29 is 14.3 Å². The molecule has 1 atom stereocenters. The van der Waals surface area contributed by atoms with Crippen LogP contribution in [-0.2, 0) is 6.54 Å². The van der Waals surface area contributed by atoms with Crippen LogP contribution in [0.4, 0.5) is 4.39 Å². The Labute approximate surface area is 112 Å². The topological polar surface area (TPSA) is 43.8 Å². The van der Waals surface area contributed by atoms with Crippen molar-refractivity contribution in [3.05, 3.63) is 35.1 Å². The molecule has 1 heterocycles. The van der Waals surface area contributed by atoms with Gasteiger partial charge >= 0.3 is 5.97 Å². The van der Waals surface area contributed by atoms with Gasteiger partial charge in [0.2, 0.25) is 0 Å². The van der Waals surface area contributed by atoms with E-state index in [4.69, 9.17) is 5.11 Å². The van der Waals surface area contributed by atoms with Crippen LogP contribution in [0, 0.1) is 5.82 Å². The Kier molecular flexibility index (Phi) is 4.17. The summed E-state index contributed by atoms with van der Waals surface area (Å²) in [5.74, 6) is -1.58. The van der Waals surface area contributed by atoms with Crippen LogP contribution in [0.2, 0.25) is 0 Å². The Morgan fingerprint density at radius 3 is 2.84 bits per heavy atom. The zero-order valence-corrected chi connectivity index (χ0v) is 11.3. The highest BCUT2D eigenvalue weighted by Gasteiger charge is 2.22. The molecule has 2 rings (SSSR count). The average Bonchev–Trinajstić information content (AvgIpc) is 2.36. The molecule has 1 fully saturated rings. The van der Waals surface area contributed by atoms with Crippen LogP contribution in [0.3, 0.4) is 0 Å². The number of nitrogens with zero attached hydrogens (tertiary/aromatic N) is 2. The van der Waals surface area contributed by atoms with Gasteiger partial charge in [-0.3, -0.25) is 4.90 Å². The standard InChI is InChI=1S/C14H19FN2O2/c1-10-8-17(6-5-16(10)2)9-11-3-4-12(15)7-13(11)14(18)19/h3-4,7,10H,5-6,8-9H2,1-2H3,(H,18,19). The van der Waals surface area contributed by atoms with E-state index in [9.17, 15) is 9.18 Å². The first-order chi connectivity index (χ1) is 8.97. The lowest BCUT2D eigenvalue weighted by Crippen LogP contribution is -2.49. The molecule has 1 aromatic carbocycles. The fourth-order valence-electron chi connectivity index (χ4n) is 2.39. The number of hydrogen-bond acceptors (Lipinski definition) is 3. The van der Waals surface area contributed by atoms with Crippen molar-refractivity contribution >= 4 is 5.97 Å². The van der Waals surface area contributed by atoms with E-state index >= 15 is 0 Å². The lowest BCUT2D eigenvalue weighted by Gasteiger charge is -2.37. The maximum absolute atomic E-state index is 13.1. The molecule has 1 saturated heterocycles. The normalized spacial score (nSPS) is 21.5. The number of aromatic carboxylic acids is 1. The van der Waals surface area contributed by atoms with E-state index in [2.05, 4.69) is 23.8 Å². The summed E-state index contributed by atoms with van der Waals surface area (Å²) in [5.41, 5.74) is 0.734. The third-order valence-electron chi connectivity index (χ3n) is 3.74. The molecule has 0 saturated carbocycles. The minimum absolute atomic E-state index is 0.0616. The predicted molar refractivity (Wildman–Crippen MR) is 70.7 cm³/mol. The lowest BCUT2D eigenvalue weighted by molar-refractivity contribution is 0.0690. The monoisotopic (exact) mass is 266 g/mol. The summed E-state index contributed by atoms with van der Waals surface area (Å²) >= 11 is 0. The van der Waals surface area contributed by atoms with E-state index in [1.807, 2.05) is 0 Å². The van der Waals surface area contributed by atoms with Crippen LogP contribution in [-0.4, -0.2) is 53.6 Å². The van der Waals surface area contributed by atoms with Gasteiger partial charge in [-0.15, -0.1) is 0 Å².